The monoisotopic (exact) mass is 402 g/mol. The Hall–Kier alpha value is -3.18. The number of rotatable bonds is 6. The van der Waals surface area contributed by atoms with E-state index < -0.39 is 0 Å². The molecule has 0 saturated heterocycles. The number of nitrogens with zero attached hydrogens (tertiary/aromatic N) is 1. The molecular formula is C24H22N2O2S. The van der Waals surface area contributed by atoms with Gasteiger partial charge in [-0.05, 0) is 48.7 Å². The van der Waals surface area contributed by atoms with Crippen molar-refractivity contribution in [2.45, 2.75) is 20.4 Å². The smallest absolute Gasteiger partial charge is 0.258 e. The van der Waals surface area contributed by atoms with E-state index in [4.69, 9.17) is 4.74 Å². The van der Waals surface area contributed by atoms with Crippen LogP contribution >= 0.6 is 11.3 Å². The summed E-state index contributed by atoms with van der Waals surface area (Å²) in [6.07, 6.45) is 0. The van der Waals surface area contributed by atoms with Crippen LogP contribution in [0.3, 0.4) is 0 Å². The predicted molar refractivity (Wildman–Crippen MR) is 118 cm³/mol. The molecule has 1 aromatic heterocycles. The topological polar surface area (TPSA) is 51.2 Å². The van der Waals surface area contributed by atoms with E-state index in [2.05, 4.69) is 16.4 Å². The molecule has 0 aliphatic heterocycles. The Kier molecular flexibility index (Phi) is 5.58. The molecule has 0 aliphatic rings. The van der Waals surface area contributed by atoms with Gasteiger partial charge in [0.25, 0.3) is 5.91 Å². The van der Waals surface area contributed by atoms with Crippen molar-refractivity contribution in [3.63, 3.8) is 0 Å². The van der Waals surface area contributed by atoms with Crippen LogP contribution in [0.25, 0.3) is 20.8 Å². The van der Waals surface area contributed by atoms with Gasteiger partial charge in [0.05, 0.1) is 10.2 Å². The average Bonchev–Trinajstić information content (AvgIpc) is 3.18. The van der Waals surface area contributed by atoms with Gasteiger partial charge in [0.1, 0.15) is 10.8 Å². The van der Waals surface area contributed by atoms with Crippen LogP contribution in [0.15, 0.2) is 66.7 Å². The Labute approximate surface area is 174 Å². The van der Waals surface area contributed by atoms with Gasteiger partial charge in [-0.25, -0.2) is 4.98 Å². The van der Waals surface area contributed by atoms with Gasteiger partial charge in [0.2, 0.25) is 0 Å². The Morgan fingerprint density at radius 2 is 1.79 bits per heavy atom. The molecule has 0 atom stereocenters. The third-order valence-corrected chi connectivity index (χ3v) is 5.98. The van der Waals surface area contributed by atoms with E-state index in [1.165, 1.54) is 4.70 Å². The summed E-state index contributed by atoms with van der Waals surface area (Å²) in [5, 5.41) is 3.91. The summed E-state index contributed by atoms with van der Waals surface area (Å²) in [5.74, 6) is 0.612. The molecule has 5 heteroatoms. The van der Waals surface area contributed by atoms with Crippen LogP contribution in [0.4, 0.5) is 0 Å². The van der Waals surface area contributed by atoms with Crippen molar-refractivity contribution in [1.29, 1.82) is 0 Å². The highest BCUT2D eigenvalue weighted by Gasteiger charge is 2.08. The second-order valence-corrected chi connectivity index (χ2v) is 7.98. The third-order valence-electron chi connectivity index (χ3n) is 4.90. The summed E-state index contributed by atoms with van der Waals surface area (Å²) in [7, 11) is 0. The summed E-state index contributed by atoms with van der Waals surface area (Å²) in [5.41, 5.74) is 5.35. The number of ether oxygens (including phenoxy) is 1. The fourth-order valence-electron chi connectivity index (χ4n) is 3.04. The first-order valence-electron chi connectivity index (χ1n) is 9.51. The van der Waals surface area contributed by atoms with Crippen LogP contribution in [0, 0.1) is 13.8 Å². The van der Waals surface area contributed by atoms with Crippen LogP contribution in [0.5, 0.6) is 5.75 Å². The Morgan fingerprint density at radius 3 is 2.59 bits per heavy atom. The number of aryl methyl sites for hydroxylation is 1. The molecule has 3 aromatic carbocycles. The lowest BCUT2D eigenvalue weighted by Crippen LogP contribution is -2.28. The Morgan fingerprint density at radius 1 is 1.00 bits per heavy atom. The maximum absolute atomic E-state index is 12.1. The largest absolute Gasteiger partial charge is 0.483 e. The van der Waals surface area contributed by atoms with Gasteiger partial charge >= 0.3 is 0 Å². The van der Waals surface area contributed by atoms with Crippen LogP contribution in [0.2, 0.25) is 0 Å². The fraction of sp³-hybridized carbons (Fsp3) is 0.167. The lowest BCUT2D eigenvalue weighted by Gasteiger charge is -2.11. The van der Waals surface area contributed by atoms with E-state index >= 15 is 0 Å². The Bertz CT molecular complexity index is 1120. The molecule has 0 radical (unpaired) electrons. The van der Waals surface area contributed by atoms with Crippen LogP contribution in [-0.4, -0.2) is 17.5 Å². The van der Waals surface area contributed by atoms with Gasteiger partial charge in [-0.3, -0.25) is 4.79 Å². The minimum Gasteiger partial charge on any atom is -0.483 e. The molecule has 146 valence electrons. The lowest BCUT2D eigenvalue weighted by molar-refractivity contribution is -0.123. The fourth-order valence-corrected chi connectivity index (χ4v) is 4.01. The van der Waals surface area contributed by atoms with Crippen molar-refractivity contribution >= 4 is 27.5 Å². The van der Waals surface area contributed by atoms with Gasteiger partial charge < -0.3 is 10.1 Å². The number of aromatic nitrogens is 1. The summed E-state index contributed by atoms with van der Waals surface area (Å²) in [6.45, 7) is 4.50. The number of benzene rings is 3. The number of fused-ring (bicyclic) bond motifs is 1. The summed E-state index contributed by atoms with van der Waals surface area (Å²) in [6, 6.07) is 22.1. The first-order valence-corrected chi connectivity index (χ1v) is 10.3. The molecule has 4 rings (SSSR count). The molecule has 0 bridgehead atoms. The van der Waals surface area contributed by atoms with Crippen molar-refractivity contribution < 1.29 is 9.53 Å². The predicted octanol–water partition coefficient (Wildman–Crippen LogP) is 5.28. The zero-order chi connectivity index (χ0) is 20.2. The van der Waals surface area contributed by atoms with Gasteiger partial charge in [-0.15, -0.1) is 11.3 Å². The van der Waals surface area contributed by atoms with Crippen LogP contribution in [-0.2, 0) is 11.3 Å². The highest BCUT2D eigenvalue weighted by Crippen LogP contribution is 2.30. The number of carbonyl (C=O) groups is 1. The van der Waals surface area contributed by atoms with Crippen molar-refractivity contribution in [2.75, 3.05) is 6.61 Å². The number of para-hydroxylation sites is 1. The second-order valence-electron chi connectivity index (χ2n) is 6.95. The van der Waals surface area contributed by atoms with Crippen molar-refractivity contribution in [1.82, 2.24) is 10.3 Å². The standard InChI is InChI=1S/C24H22N2O2S/c1-16-6-5-8-21(17(16)2)28-15-23(27)25-14-18-10-12-19(13-11-18)24-26-20-7-3-4-9-22(20)29-24/h3-13H,14-15H2,1-2H3,(H,25,27). The van der Waals surface area contributed by atoms with Gasteiger partial charge in [-0.1, -0.05) is 48.5 Å². The van der Waals surface area contributed by atoms with E-state index in [-0.39, 0.29) is 12.5 Å². The molecular weight excluding hydrogens is 380 g/mol. The zero-order valence-electron chi connectivity index (χ0n) is 16.4. The van der Waals surface area contributed by atoms with Gasteiger partial charge in [0.15, 0.2) is 6.61 Å². The number of hydrogen-bond acceptors (Lipinski definition) is 4. The first-order chi connectivity index (χ1) is 14.1. The van der Waals surface area contributed by atoms with Crippen LogP contribution in [0.1, 0.15) is 16.7 Å². The molecule has 1 amide bonds. The lowest BCUT2D eigenvalue weighted by atomic mass is 10.1. The molecule has 29 heavy (non-hydrogen) atoms. The van der Waals surface area contributed by atoms with E-state index in [1.807, 2.05) is 74.5 Å². The highest BCUT2D eigenvalue weighted by atomic mass is 32.1. The zero-order valence-corrected chi connectivity index (χ0v) is 17.3. The minimum atomic E-state index is -0.138. The number of carbonyl (C=O) groups excluding carboxylic acids is 1. The third kappa shape index (κ3) is 4.46. The molecule has 4 nitrogen and oxygen atoms in total. The van der Waals surface area contributed by atoms with Gasteiger partial charge in [0, 0.05) is 12.1 Å². The summed E-state index contributed by atoms with van der Waals surface area (Å²) < 4.78 is 6.84. The molecule has 0 saturated carbocycles. The maximum Gasteiger partial charge on any atom is 0.258 e. The molecule has 0 unspecified atom stereocenters. The van der Waals surface area contributed by atoms with Crippen molar-refractivity contribution in [2.24, 2.45) is 0 Å². The second kappa shape index (κ2) is 8.45. The average molecular weight is 403 g/mol. The number of nitrogens with one attached hydrogen (secondary N) is 1. The highest BCUT2D eigenvalue weighted by molar-refractivity contribution is 7.21. The number of amides is 1. The molecule has 1 N–H and O–H groups in total. The molecule has 1 heterocycles. The van der Waals surface area contributed by atoms with E-state index in [9.17, 15) is 4.79 Å². The molecule has 4 aromatic rings. The quantitative estimate of drug-likeness (QED) is 0.478. The van der Waals surface area contributed by atoms with Gasteiger partial charge in [-0.2, -0.15) is 0 Å². The number of hydrogen-bond donors (Lipinski definition) is 1. The van der Waals surface area contributed by atoms with Crippen LogP contribution < -0.4 is 10.1 Å². The normalized spacial score (nSPS) is 10.8. The van der Waals surface area contributed by atoms with Crippen molar-refractivity contribution in [3.8, 4) is 16.3 Å². The van der Waals surface area contributed by atoms with Crippen molar-refractivity contribution in [3.05, 3.63) is 83.4 Å². The Balaban J connectivity index is 1.33. The SMILES string of the molecule is Cc1cccc(OCC(=O)NCc2ccc(-c3nc4ccccc4s3)cc2)c1C. The summed E-state index contributed by atoms with van der Waals surface area (Å²) in [4.78, 5) is 16.8. The summed E-state index contributed by atoms with van der Waals surface area (Å²) >= 11 is 1.68. The molecule has 0 spiro atoms. The van der Waals surface area contributed by atoms with E-state index in [0.717, 1.165) is 38.5 Å². The first kappa shape index (κ1) is 19.2. The molecule has 0 aliphatic carbocycles. The maximum atomic E-state index is 12.1. The molecule has 0 fully saturated rings. The van der Waals surface area contributed by atoms with E-state index in [1.54, 1.807) is 11.3 Å². The number of thiazole rings is 1. The van der Waals surface area contributed by atoms with E-state index in [0.29, 0.717) is 6.54 Å². The minimum absolute atomic E-state index is 0.00802.